The van der Waals surface area contributed by atoms with Gasteiger partial charge in [-0.2, -0.15) is 0 Å². The molecule has 0 aromatic rings. The summed E-state index contributed by atoms with van der Waals surface area (Å²) in [6.07, 6.45) is 17.2. The van der Waals surface area contributed by atoms with Crippen molar-refractivity contribution in [3.63, 3.8) is 0 Å². The van der Waals surface area contributed by atoms with E-state index in [2.05, 4.69) is 19.2 Å². The fourth-order valence-electron chi connectivity index (χ4n) is 3.20. The number of unbranched alkanes of at least 4 members (excludes halogenated alkanes) is 12. The first kappa shape index (κ1) is 27.7. The molecule has 0 saturated heterocycles. The van der Waals surface area contributed by atoms with E-state index >= 15 is 0 Å². The summed E-state index contributed by atoms with van der Waals surface area (Å²) in [5.74, 6) is -0.325. The van der Waals surface area contributed by atoms with Crippen molar-refractivity contribution in [3.8, 4) is 0 Å². The molecule has 0 fully saturated rings. The van der Waals surface area contributed by atoms with Crippen LogP contribution in [-0.2, 0) is 14.3 Å². The van der Waals surface area contributed by atoms with Crippen LogP contribution in [0.4, 0.5) is 4.79 Å². The molecule has 5 nitrogen and oxygen atoms in total. The molecule has 0 bridgehead atoms. The lowest BCUT2D eigenvalue weighted by Crippen LogP contribution is -2.42. The normalized spacial score (nSPS) is 11.8. The van der Waals surface area contributed by atoms with Gasteiger partial charge in [0.25, 0.3) is 0 Å². The molecule has 0 spiro atoms. The van der Waals surface area contributed by atoms with E-state index in [1.54, 1.807) is 0 Å². The highest BCUT2D eigenvalue weighted by atomic mass is 16.6. The molecule has 0 radical (unpaired) electrons. The molecule has 0 saturated carbocycles. The number of alkyl carbamates (subject to hydrolysis) is 1. The summed E-state index contributed by atoms with van der Waals surface area (Å²) in [5.41, 5.74) is 0. The van der Waals surface area contributed by atoms with Crippen molar-refractivity contribution >= 4 is 12.1 Å². The topological polar surface area (TPSA) is 64.6 Å². The highest BCUT2D eigenvalue weighted by molar-refractivity contribution is 5.81. The maximum Gasteiger partial charge on any atom is 0.407 e. The molecule has 0 aromatic heterocycles. The molecule has 172 valence electrons. The third kappa shape index (κ3) is 18.5. The van der Waals surface area contributed by atoms with E-state index in [9.17, 15) is 9.59 Å². The standard InChI is InChI=1S/C24H47NO4/c1-4-7-10-12-13-14-15-16-18-21-28-23(26)22(19-17-11-8-5-2)25-24(27)29-20-9-6-3/h22H,4-21H2,1-3H3,(H,25,27). The molecule has 5 heteroatoms. The van der Waals surface area contributed by atoms with Crippen molar-refractivity contribution < 1.29 is 19.1 Å². The summed E-state index contributed by atoms with van der Waals surface area (Å²) in [6.45, 7) is 7.26. The number of hydrogen-bond donors (Lipinski definition) is 1. The van der Waals surface area contributed by atoms with Crippen LogP contribution in [0.3, 0.4) is 0 Å². The van der Waals surface area contributed by atoms with Crippen LogP contribution in [0.1, 0.15) is 124 Å². The van der Waals surface area contributed by atoms with Gasteiger partial charge in [0.15, 0.2) is 0 Å². The van der Waals surface area contributed by atoms with Crippen LogP contribution in [-0.4, -0.2) is 31.3 Å². The summed E-state index contributed by atoms with van der Waals surface area (Å²) in [7, 11) is 0. The van der Waals surface area contributed by atoms with Crippen LogP contribution in [0.2, 0.25) is 0 Å². The number of rotatable bonds is 20. The third-order valence-corrected chi connectivity index (χ3v) is 5.15. The second-order valence-electron chi connectivity index (χ2n) is 8.03. The zero-order valence-electron chi connectivity index (χ0n) is 19.4. The summed E-state index contributed by atoms with van der Waals surface area (Å²) in [5, 5.41) is 2.70. The molecule has 0 heterocycles. The third-order valence-electron chi connectivity index (χ3n) is 5.15. The largest absolute Gasteiger partial charge is 0.464 e. The predicted molar refractivity (Wildman–Crippen MR) is 120 cm³/mol. The van der Waals surface area contributed by atoms with E-state index in [1.807, 2.05) is 6.92 Å². The van der Waals surface area contributed by atoms with E-state index in [0.29, 0.717) is 19.6 Å². The molecule has 29 heavy (non-hydrogen) atoms. The monoisotopic (exact) mass is 413 g/mol. The predicted octanol–water partition coefficient (Wildman–Crippen LogP) is 6.93. The van der Waals surface area contributed by atoms with Crippen LogP contribution >= 0.6 is 0 Å². The highest BCUT2D eigenvalue weighted by Gasteiger charge is 2.22. The van der Waals surface area contributed by atoms with Gasteiger partial charge in [0.2, 0.25) is 0 Å². The first-order chi connectivity index (χ1) is 14.2. The Bertz CT molecular complexity index is 387. The van der Waals surface area contributed by atoms with Gasteiger partial charge in [-0.05, 0) is 19.3 Å². The minimum absolute atomic E-state index is 0.325. The second kappa shape index (κ2) is 21.4. The van der Waals surface area contributed by atoms with Gasteiger partial charge in [0, 0.05) is 0 Å². The molecule has 0 aliphatic rings. The SMILES string of the molecule is CCCCCCCCCCCOC(=O)C(CCCCCC)NC(=O)OCCCC. The quantitative estimate of drug-likeness (QED) is 0.174. The van der Waals surface area contributed by atoms with Gasteiger partial charge in [-0.25, -0.2) is 9.59 Å². The zero-order valence-corrected chi connectivity index (χ0v) is 19.4. The average molecular weight is 414 g/mol. The van der Waals surface area contributed by atoms with E-state index in [1.165, 1.54) is 44.9 Å². The van der Waals surface area contributed by atoms with Crippen LogP contribution in [0.5, 0.6) is 0 Å². The van der Waals surface area contributed by atoms with Gasteiger partial charge in [-0.1, -0.05) is 104 Å². The number of carbonyl (C=O) groups is 2. The number of carbonyl (C=O) groups excluding carboxylic acids is 2. The maximum atomic E-state index is 12.4. The Hall–Kier alpha value is -1.26. The molecule has 0 aliphatic carbocycles. The van der Waals surface area contributed by atoms with Crippen LogP contribution in [0, 0.1) is 0 Å². The molecular formula is C24H47NO4. The summed E-state index contributed by atoms with van der Waals surface area (Å²) >= 11 is 0. The average Bonchev–Trinajstić information content (AvgIpc) is 2.71. The Morgan fingerprint density at radius 1 is 0.621 bits per heavy atom. The number of nitrogens with one attached hydrogen (secondary N) is 1. The molecule has 1 unspecified atom stereocenters. The van der Waals surface area contributed by atoms with Gasteiger partial charge in [0.1, 0.15) is 6.04 Å². The number of amides is 1. The number of esters is 1. The van der Waals surface area contributed by atoms with Gasteiger partial charge in [-0.3, -0.25) is 0 Å². The zero-order chi connectivity index (χ0) is 21.6. The lowest BCUT2D eigenvalue weighted by molar-refractivity contribution is -0.146. The summed E-state index contributed by atoms with van der Waals surface area (Å²) < 4.78 is 10.6. The maximum absolute atomic E-state index is 12.4. The Morgan fingerprint density at radius 3 is 1.69 bits per heavy atom. The molecule has 0 aliphatic heterocycles. The van der Waals surface area contributed by atoms with Crippen LogP contribution in [0.15, 0.2) is 0 Å². The summed E-state index contributed by atoms with van der Waals surface area (Å²) in [4.78, 5) is 24.3. The Morgan fingerprint density at radius 2 is 1.10 bits per heavy atom. The van der Waals surface area contributed by atoms with Gasteiger partial charge < -0.3 is 14.8 Å². The molecule has 1 N–H and O–H groups in total. The van der Waals surface area contributed by atoms with E-state index < -0.39 is 12.1 Å². The lowest BCUT2D eigenvalue weighted by atomic mass is 10.1. The Labute approximate surface area is 179 Å². The summed E-state index contributed by atoms with van der Waals surface area (Å²) in [6, 6.07) is -0.598. The number of ether oxygens (including phenoxy) is 2. The van der Waals surface area contributed by atoms with Crippen LogP contribution in [0.25, 0.3) is 0 Å². The first-order valence-corrected chi connectivity index (χ1v) is 12.3. The smallest absolute Gasteiger partial charge is 0.407 e. The molecule has 1 amide bonds. The molecule has 0 rings (SSSR count). The Kier molecular flexibility index (Phi) is 20.5. The number of hydrogen-bond acceptors (Lipinski definition) is 4. The molecule has 1 atom stereocenters. The lowest BCUT2D eigenvalue weighted by Gasteiger charge is -2.17. The van der Waals surface area contributed by atoms with E-state index in [4.69, 9.17) is 9.47 Å². The van der Waals surface area contributed by atoms with Crippen LogP contribution < -0.4 is 5.32 Å². The highest BCUT2D eigenvalue weighted by Crippen LogP contribution is 2.11. The van der Waals surface area contributed by atoms with Gasteiger partial charge in [0.05, 0.1) is 13.2 Å². The van der Waals surface area contributed by atoms with E-state index in [-0.39, 0.29) is 5.97 Å². The fraction of sp³-hybridized carbons (Fsp3) is 0.917. The minimum Gasteiger partial charge on any atom is -0.464 e. The van der Waals surface area contributed by atoms with Crippen molar-refractivity contribution in [3.05, 3.63) is 0 Å². The van der Waals surface area contributed by atoms with Crippen molar-refractivity contribution in [2.45, 2.75) is 130 Å². The van der Waals surface area contributed by atoms with Gasteiger partial charge >= 0.3 is 12.1 Å². The van der Waals surface area contributed by atoms with Gasteiger partial charge in [-0.15, -0.1) is 0 Å². The Balaban J connectivity index is 4.03. The van der Waals surface area contributed by atoms with Crippen molar-refractivity contribution in [1.82, 2.24) is 5.32 Å². The second-order valence-corrected chi connectivity index (χ2v) is 8.03. The minimum atomic E-state index is -0.598. The van der Waals surface area contributed by atoms with Crippen molar-refractivity contribution in [2.24, 2.45) is 0 Å². The first-order valence-electron chi connectivity index (χ1n) is 12.3. The van der Waals surface area contributed by atoms with E-state index in [0.717, 1.165) is 51.4 Å². The molecular weight excluding hydrogens is 366 g/mol. The van der Waals surface area contributed by atoms with Crippen molar-refractivity contribution in [1.29, 1.82) is 0 Å². The van der Waals surface area contributed by atoms with Crippen molar-refractivity contribution in [2.75, 3.05) is 13.2 Å². The fourth-order valence-corrected chi connectivity index (χ4v) is 3.20. The molecule has 0 aromatic carbocycles.